The molecule has 9 nitrogen and oxygen atoms in total. The number of carbonyl (C=O) groups excluding carboxylic acids is 4. The molecule has 0 saturated carbocycles. The van der Waals surface area contributed by atoms with Crippen molar-refractivity contribution < 1.29 is 47.0 Å². The van der Waals surface area contributed by atoms with E-state index in [1.807, 2.05) is 5.32 Å². The van der Waals surface area contributed by atoms with Crippen LogP contribution in [0.5, 0.6) is 0 Å². The van der Waals surface area contributed by atoms with E-state index < -0.39 is 48.0 Å². The second-order valence-corrected chi connectivity index (χ2v) is 7.17. The van der Waals surface area contributed by atoms with Crippen LogP contribution in [-0.4, -0.2) is 64.6 Å². The Kier molecular flexibility index (Phi) is 10.1. The summed E-state index contributed by atoms with van der Waals surface area (Å²) in [6.07, 6.45) is -5.37. The second kappa shape index (κ2) is 10.9. The highest BCUT2D eigenvalue weighted by Crippen LogP contribution is 2.24. The van der Waals surface area contributed by atoms with Crippen LogP contribution in [0.2, 0.25) is 0 Å². The summed E-state index contributed by atoms with van der Waals surface area (Å²) in [6.45, 7) is 2.12. The van der Waals surface area contributed by atoms with Crippen LogP contribution in [-0.2, 0) is 28.7 Å². The van der Waals surface area contributed by atoms with E-state index in [-0.39, 0.29) is 11.5 Å². The van der Waals surface area contributed by atoms with Gasteiger partial charge in [-0.25, -0.2) is 14.4 Å². The third-order valence-electron chi connectivity index (χ3n) is 2.32. The number of hydrogen-bond donors (Lipinski definition) is 3. The molecule has 0 fully saturated rings. The molecule has 3 N–H and O–H groups in total. The lowest BCUT2D eigenvalue weighted by Gasteiger charge is -2.17. The molecule has 148 valence electrons. The first-order chi connectivity index (χ1) is 11.8. The first-order valence-corrected chi connectivity index (χ1v) is 9.17. The molecule has 14 heteroatoms. The van der Waals surface area contributed by atoms with E-state index in [9.17, 15) is 37.1 Å². The molecule has 0 saturated heterocycles. The predicted octanol–water partition coefficient (Wildman–Crippen LogP) is 0.0939. The molecule has 2 atom stereocenters. The molecule has 0 rings (SSSR count). The number of aliphatic carboxylic acids is 1. The predicted molar refractivity (Wildman–Crippen MR) is 84.9 cm³/mol. The lowest BCUT2D eigenvalue weighted by molar-refractivity contribution is -0.202. The van der Waals surface area contributed by atoms with Gasteiger partial charge in [-0.15, -0.1) is 0 Å². The Hall–Kier alpha value is -1.96. The van der Waals surface area contributed by atoms with Gasteiger partial charge in [0.05, 0.1) is 0 Å². The third-order valence-corrected chi connectivity index (χ3v) is 4.74. The van der Waals surface area contributed by atoms with Crippen LogP contribution >= 0.6 is 21.6 Å². The van der Waals surface area contributed by atoms with Crippen molar-refractivity contribution in [3.8, 4) is 0 Å². The molecule has 0 aliphatic heterocycles. The number of esters is 2. The van der Waals surface area contributed by atoms with Crippen LogP contribution < -0.4 is 10.6 Å². The van der Waals surface area contributed by atoms with Crippen LogP contribution in [0.25, 0.3) is 0 Å². The standard InChI is InChI=1S/C12H15F3N2O7S2/c1-5(18)16-7(9(20)21)3-25-26-4-8(17-6(2)19)10(22)24-11(23)12(13,14)15/h7-8H,3-4H2,1-2H3,(H,16,18)(H,17,19)(H,20,21). The Morgan fingerprint density at radius 1 is 0.962 bits per heavy atom. The number of carboxylic acid groups (broad SMARTS) is 1. The second-order valence-electron chi connectivity index (χ2n) is 4.62. The van der Waals surface area contributed by atoms with E-state index in [0.29, 0.717) is 0 Å². The van der Waals surface area contributed by atoms with Crippen LogP contribution in [0.3, 0.4) is 0 Å². The molecular weight excluding hydrogens is 405 g/mol. The Bertz CT molecular complexity index is 572. The number of nitrogens with one attached hydrogen (secondary N) is 2. The van der Waals surface area contributed by atoms with Crippen molar-refractivity contribution in [2.45, 2.75) is 32.1 Å². The fourth-order valence-electron chi connectivity index (χ4n) is 1.29. The zero-order valence-corrected chi connectivity index (χ0v) is 15.0. The minimum absolute atomic E-state index is 0.122. The first-order valence-electron chi connectivity index (χ1n) is 6.68. The van der Waals surface area contributed by atoms with E-state index in [0.717, 1.165) is 35.4 Å². The zero-order valence-electron chi connectivity index (χ0n) is 13.4. The summed E-state index contributed by atoms with van der Waals surface area (Å²) in [5, 5.41) is 13.1. The topological polar surface area (TPSA) is 139 Å². The smallest absolute Gasteiger partial charge is 0.480 e. The Balaban J connectivity index is 4.65. The van der Waals surface area contributed by atoms with Gasteiger partial charge in [0.1, 0.15) is 12.1 Å². The van der Waals surface area contributed by atoms with Gasteiger partial charge in [0, 0.05) is 25.4 Å². The number of carboxylic acids is 1. The average molecular weight is 420 g/mol. The third kappa shape index (κ3) is 10.1. The van der Waals surface area contributed by atoms with Gasteiger partial charge in [-0.3, -0.25) is 9.59 Å². The van der Waals surface area contributed by atoms with Crippen LogP contribution in [0, 0.1) is 0 Å². The molecule has 0 heterocycles. The molecule has 26 heavy (non-hydrogen) atoms. The Labute approximate surface area is 153 Å². The maximum Gasteiger partial charge on any atom is 0.491 e. The largest absolute Gasteiger partial charge is 0.491 e. The zero-order chi connectivity index (χ0) is 20.5. The quantitative estimate of drug-likeness (QED) is 0.205. The number of alkyl halides is 3. The van der Waals surface area contributed by atoms with E-state index in [1.165, 1.54) is 0 Å². The number of carbonyl (C=O) groups is 5. The SMILES string of the molecule is CC(=O)NC(CSSCC(NC(C)=O)C(=O)OC(=O)C(F)(F)F)C(=O)O. The van der Waals surface area contributed by atoms with E-state index >= 15 is 0 Å². The molecule has 2 amide bonds. The summed E-state index contributed by atoms with van der Waals surface area (Å²) in [7, 11) is 1.72. The van der Waals surface area contributed by atoms with Crippen LogP contribution in [0.15, 0.2) is 0 Å². The molecule has 0 aromatic heterocycles. The lowest BCUT2D eigenvalue weighted by Crippen LogP contribution is -2.44. The maximum atomic E-state index is 12.1. The summed E-state index contributed by atoms with van der Waals surface area (Å²) in [5.41, 5.74) is 0. The Morgan fingerprint density at radius 2 is 1.38 bits per heavy atom. The molecule has 2 unspecified atom stereocenters. The summed E-state index contributed by atoms with van der Waals surface area (Å²) >= 11 is 0. The van der Waals surface area contributed by atoms with Crippen LogP contribution in [0.4, 0.5) is 13.2 Å². The highest BCUT2D eigenvalue weighted by atomic mass is 33.1. The molecule has 0 aliphatic carbocycles. The Morgan fingerprint density at radius 3 is 1.77 bits per heavy atom. The molecule has 0 aliphatic rings. The molecule has 0 aromatic carbocycles. The van der Waals surface area contributed by atoms with Crippen molar-refractivity contribution in [2.75, 3.05) is 11.5 Å². The summed E-state index contributed by atoms with van der Waals surface area (Å²) in [5.74, 6) is -7.38. The molecule has 0 spiro atoms. The fraction of sp³-hybridized carbons (Fsp3) is 0.583. The number of hydrogen-bond acceptors (Lipinski definition) is 8. The lowest BCUT2D eigenvalue weighted by atomic mass is 10.3. The highest BCUT2D eigenvalue weighted by Gasteiger charge is 2.43. The molecule has 0 radical (unpaired) electrons. The summed E-state index contributed by atoms with van der Waals surface area (Å²) < 4.78 is 39.9. The fourth-order valence-corrected chi connectivity index (χ4v) is 3.59. The number of amides is 2. The van der Waals surface area contributed by atoms with Crippen molar-refractivity contribution in [3.63, 3.8) is 0 Å². The van der Waals surface area contributed by atoms with Gasteiger partial charge >= 0.3 is 24.1 Å². The summed E-state index contributed by atoms with van der Waals surface area (Å²) in [4.78, 5) is 55.1. The van der Waals surface area contributed by atoms with Gasteiger partial charge < -0.3 is 20.5 Å². The minimum Gasteiger partial charge on any atom is -0.480 e. The van der Waals surface area contributed by atoms with Gasteiger partial charge in [0.2, 0.25) is 11.8 Å². The molecule has 0 aromatic rings. The van der Waals surface area contributed by atoms with Crippen molar-refractivity contribution in [1.29, 1.82) is 0 Å². The minimum atomic E-state index is -5.37. The van der Waals surface area contributed by atoms with Gasteiger partial charge in [-0.1, -0.05) is 21.6 Å². The maximum absolute atomic E-state index is 12.1. The van der Waals surface area contributed by atoms with Gasteiger partial charge in [0.15, 0.2) is 0 Å². The van der Waals surface area contributed by atoms with E-state index in [2.05, 4.69) is 10.1 Å². The highest BCUT2D eigenvalue weighted by molar-refractivity contribution is 8.76. The van der Waals surface area contributed by atoms with E-state index in [4.69, 9.17) is 5.11 Å². The number of rotatable bonds is 9. The molecule has 0 bridgehead atoms. The van der Waals surface area contributed by atoms with Crippen molar-refractivity contribution >= 4 is 51.3 Å². The first kappa shape index (κ1) is 24.0. The van der Waals surface area contributed by atoms with E-state index in [1.54, 1.807) is 0 Å². The normalized spacial score (nSPS) is 13.3. The number of ether oxygens (including phenoxy) is 1. The van der Waals surface area contributed by atoms with Gasteiger partial charge in [-0.2, -0.15) is 13.2 Å². The van der Waals surface area contributed by atoms with Crippen molar-refractivity contribution in [1.82, 2.24) is 10.6 Å². The number of halogens is 3. The van der Waals surface area contributed by atoms with Gasteiger partial charge in [0.25, 0.3) is 0 Å². The summed E-state index contributed by atoms with van der Waals surface area (Å²) in [6, 6.07) is -2.77. The monoisotopic (exact) mass is 420 g/mol. The van der Waals surface area contributed by atoms with Crippen molar-refractivity contribution in [2.24, 2.45) is 0 Å². The molecular formula is C12H15F3N2O7S2. The average Bonchev–Trinajstić information content (AvgIpc) is 2.46. The van der Waals surface area contributed by atoms with Gasteiger partial charge in [-0.05, 0) is 0 Å². The van der Waals surface area contributed by atoms with Crippen LogP contribution in [0.1, 0.15) is 13.8 Å². The van der Waals surface area contributed by atoms with Crippen molar-refractivity contribution in [3.05, 3.63) is 0 Å².